The van der Waals surface area contributed by atoms with Gasteiger partial charge < -0.3 is 15.5 Å². The standard InChI is InChI=1S/C17H22ClN5O/c18-15-3-1-4-16(11-15)23-13-14(12-21-23)17(24)20-5-2-8-22-9-6-19-7-10-22/h1,3-4,11-13,19H,2,5-10H2,(H,20,24). The van der Waals surface area contributed by atoms with Gasteiger partial charge >= 0.3 is 0 Å². The average Bonchev–Trinajstić information content (AvgIpc) is 3.10. The Kier molecular flexibility index (Phi) is 5.85. The van der Waals surface area contributed by atoms with Gasteiger partial charge in [0.15, 0.2) is 0 Å². The maximum Gasteiger partial charge on any atom is 0.254 e. The number of aromatic nitrogens is 2. The molecule has 1 aromatic heterocycles. The van der Waals surface area contributed by atoms with Crippen molar-refractivity contribution in [2.75, 3.05) is 39.3 Å². The van der Waals surface area contributed by atoms with Gasteiger partial charge in [-0.3, -0.25) is 4.79 Å². The van der Waals surface area contributed by atoms with Gasteiger partial charge in [-0.1, -0.05) is 17.7 Å². The highest BCUT2D eigenvalue weighted by molar-refractivity contribution is 6.30. The molecule has 128 valence electrons. The molecule has 1 aliphatic heterocycles. The highest BCUT2D eigenvalue weighted by Gasteiger charge is 2.11. The highest BCUT2D eigenvalue weighted by Crippen LogP contribution is 2.14. The van der Waals surface area contributed by atoms with Crippen molar-refractivity contribution in [1.82, 2.24) is 25.3 Å². The first-order chi connectivity index (χ1) is 11.7. The molecule has 0 atom stereocenters. The number of hydrogen-bond acceptors (Lipinski definition) is 4. The Balaban J connectivity index is 1.47. The van der Waals surface area contributed by atoms with E-state index in [9.17, 15) is 4.79 Å². The molecule has 0 radical (unpaired) electrons. The Morgan fingerprint density at radius 3 is 2.96 bits per heavy atom. The fourth-order valence-electron chi connectivity index (χ4n) is 2.74. The fraction of sp³-hybridized carbons (Fsp3) is 0.412. The number of rotatable bonds is 6. The molecular weight excluding hydrogens is 326 g/mol. The summed E-state index contributed by atoms with van der Waals surface area (Å²) in [7, 11) is 0. The Morgan fingerprint density at radius 1 is 1.33 bits per heavy atom. The number of piperazine rings is 1. The second-order valence-electron chi connectivity index (χ2n) is 5.85. The van der Waals surface area contributed by atoms with E-state index in [1.807, 2.05) is 18.2 Å². The SMILES string of the molecule is O=C(NCCCN1CCNCC1)c1cnn(-c2cccc(Cl)c2)c1. The van der Waals surface area contributed by atoms with Crippen LogP contribution in [0.4, 0.5) is 0 Å². The first kappa shape index (κ1) is 17.0. The van der Waals surface area contributed by atoms with Crippen LogP contribution in [0.5, 0.6) is 0 Å². The first-order valence-corrected chi connectivity index (χ1v) is 8.62. The van der Waals surface area contributed by atoms with E-state index in [0.29, 0.717) is 17.1 Å². The van der Waals surface area contributed by atoms with Crippen molar-refractivity contribution in [1.29, 1.82) is 0 Å². The predicted molar refractivity (Wildman–Crippen MR) is 94.8 cm³/mol. The third kappa shape index (κ3) is 4.56. The van der Waals surface area contributed by atoms with Gasteiger partial charge in [0.2, 0.25) is 0 Å². The summed E-state index contributed by atoms with van der Waals surface area (Å²) < 4.78 is 1.65. The molecule has 1 aromatic carbocycles. The van der Waals surface area contributed by atoms with Crippen LogP contribution in [-0.2, 0) is 0 Å². The predicted octanol–water partition coefficient (Wildman–Crippen LogP) is 1.55. The van der Waals surface area contributed by atoms with Gasteiger partial charge in [-0.05, 0) is 31.2 Å². The number of halogens is 1. The van der Waals surface area contributed by atoms with Gasteiger partial charge in [0.25, 0.3) is 5.91 Å². The van der Waals surface area contributed by atoms with Gasteiger partial charge in [-0.2, -0.15) is 5.10 Å². The van der Waals surface area contributed by atoms with Crippen molar-refractivity contribution in [3.8, 4) is 5.69 Å². The molecule has 1 fully saturated rings. The number of carbonyl (C=O) groups is 1. The van der Waals surface area contributed by atoms with Gasteiger partial charge in [0, 0.05) is 43.9 Å². The van der Waals surface area contributed by atoms with E-state index in [0.717, 1.165) is 44.8 Å². The van der Waals surface area contributed by atoms with Crippen LogP contribution in [0.2, 0.25) is 5.02 Å². The van der Waals surface area contributed by atoms with Crippen molar-refractivity contribution in [3.63, 3.8) is 0 Å². The van der Waals surface area contributed by atoms with Gasteiger partial charge in [-0.25, -0.2) is 4.68 Å². The second-order valence-corrected chi connectivity index (χ2v) is 6.29. The van der Waals surface area contributed by atoms with Crippen molar-refractivity contribution < 1.29 is 4.79 Å². The van der Waals surface area contributed by atoms with Crippen LogP contribution < -0.4 is 10.6 Å². The Morgan fingerprint density at radius 2 is 2.17 bits per heavy atom. The van der Waals surface area contributed by atoms with Crippen LogP contribution in [0, 0.1) is 0 Å². The number of benzene rings is 1. The van der Waals surface area contributed by atoms with E-state index in [-0.39, 0.29) is 5.91 Å². The zero-order chi connectivity index (χ0) is 16.8. The summed E-state index contributed by atoms with van der Waals surface area (Å²) in [6, 6.07) is 7.37. The van der Waals surface area contributed by atoms with Crippen LogP contribution in [-0.4, -0.2) is 59.9 Å². The van der Waals surface area contributed by atoms with Crippen molar-refractivity contribution in [2.24, 2.45) is 0 Å². The summed E-state index contributed by atoms with van der Waals surface area (Å²) in [6.07, 6.45) is 4.25. The lowest BCUT2D eigenvalue weighted by Gasteiger charge is -2.27. The molecule has 0 saturated carbocycles. The van der Waals surface area contributed by atoms with E-state index >= 15 is 0 Å². The summed E-state index contributed by atoms with van der Waals surface area (Å²) in [5.41, 5.74) is 1.39. The maximum absolute atomic E-state index is 12.2. The minimum Gasteiger partial charge on any atom is -0.352 e. The molecule has 0 bridgehead atoms. The van der Waals surface area contributed by atoms with E-state index in [1.54, 1.807) is 23.1 Å². The summed E-state index contributed by atoms with van der Waals surface area (Å²) >= 11 is 5.98. The monoisotopic (exact) mass is 347 g/mol. The minimum absolute atomic E-state index is 0.0939. The van der Waals surface area contributed by atoms with E-state index in [2.05, 4.69) is 20.6 Å². The topological polar surface area (TPSA) is 62.2 Å². The largest absolute Gasteiger partial charge is 0.352 e. The molecule has 2 heterocycles. The third-order valence-corrected chi connectivity index (χ3v) is 4.30. The highest BCUT2D eigenvalue weighted by atomic mass is 35.5. The minimum atomic E-state index is -0.0939. The lowest BCUT2D eigenvalue weighted by Crippen LogP contribution is -2.44. The lowest BCUT2D eigenvalue weighted by molar-refractivity contribution is 0.0951. The average molecular weight is 348 g/mol. The molecule has 2 aromatic rings. The number of nitrogens with zero attached hydrogens (tertiary/aromatic N) is 3. The van der Waals surface area contributed by atoms with Crippen LogP contribution in [0.1, 0.15) is 16.8 Å². The molecule has 0 spiro atoms. The summed E-state index contributed by atoms with van der Waals surface area (Å²) in [4.78, 5) is 14.6. The van der Waals surface area contributed by atoms with E-state index < -0.39 is 0 Å². The van der Waals surface area contributed by atoms with Crippen LogP contribution >= 0.6 is 11.6 Å². The summed E-state index contributed by atoms with van der Waals surface area (Å²) in [6.45, 7) is 5.96. The Hall–Kier alpha value is -1.89. The number of carbonyl (C=O) groups excluding carboxylic acids is 1. The fourth-order valence-corrected chi connectivity index (χ4v) is 2.93. The first-order valence-electron chi connectivity index (χ1n) is 8.24. The molecule has 3 rings (SSSR count). The van der Waals surface area contributed by atoms with Gasteiger partial charge in [0.1, 0.15) is 0 Å². The smallest absolute Gasteiger partial charge is 0.254 e. The van der Waals surface area contributed by atoms with Crippen LogP contribution in [0.3, 0.4) is 0 Å². The van der Waals surface area contributed by atoms with Gasteiger partial charge in [0.05, 0.1) is 17.4 Å². The quantitative estimate of drug-likeness (QED) is 0.778. The van der Waals surface area contributed by atoms with Crippen LogP contribution in [0.25, 0.3) is 5.69 Å². The zero-order valence-corrected chi connectivity index (χ0v) is 14.3. The normalized spacial score (nSPS) is 15.4. The molecule has 24 heavy (non-hydrogen) atoms. The van der Waals surface area contributed by atoms with Crippen molar-refractivity contribution in [3.05, 3.63) is 47.2 Å². The molecule has 2 N–H and O–H groups in total. The zero-order valence-electron chi connectivity index (χ0n) is 13.5. The Labute approximate surface area is 146 Å². The molecule has 6 nitrogen and oxygen atoms in total. The third-order valence-electron chi connectivity index (χ3n) is 4.06. The Bertz CT molecular complexity index is 681. The van der Waals surface area contributed by atoms with E-state index in [1.165, 1.54) is 0 Å². The second kappa shape index (κ2) is 8.28. The van der Waals surface area contributed by atoms with Crippen molar-refractivity contribution >= 4 is 17.5 Å². The number of hydrogen-bond donors (Lipinski definition) is 2. The number of nitrogens with one attached hydrogen (secondary N) is 2. The molecule has 1 amide bonds. The molecule has 1 aliphatic rings. The van der Waals surface area contributed by atoms with E-state index in [4.69, 9.17) is 11.6 Å². The lowest BCUT2D eigenvalue weighted by atomic mass is 10.3. The molecule has 1 saturated heterocycles. The molecule has 7 heteroatoms. The van der Waals surface area contributed by atoms with Crippen LogP contribution in [0.15, 0.2) is 36.7 Å². The van der Waals surface area contributed by atoms with Gasteiger partial charge in [-0.15, -0.1) is 0 Å². The van der Waals surface area contributed by atoms with Crippen molar-refractivity contribution in [2.45, 2.75) is 6.42 Å². The number of amides is 1. The summed E-state index contributed by atoms with van der Waals surface area (Å²) in [5, 5.41) is 11.2. The molecule has 0 aliphatic carbocycles. The summed E-state index contributed by atoms with van der Waals surface area (Å²) in [5.74, 6) is -0.0939. The molecule has 0 unspecified atom stereocenters. The molecular formula is C17H22ClN5O. The maximum atomic E-state index is 12.2.